The predicted molar refractivity (Wildman–Crippen MR) is 100 cm³/mol. The van der Waals surface area contributed by atoms with E-state index in [4.69, 9.17) is 0 Å². The van der Waals surface area contributed by atoms with Crippen LogP contribution in [0.2, 0.25) is 0 Å². The monoisotopic (exact) mass is 358 g/mol. The third kappa shape index (κ3) is 2.62. The Hall–Kier alpha value is -1.06. The van der Waals surface area contributed by atoms with E-state index in [2.05, 4.69) is 23.6 Å². The second-order valence-electron chi connectivity index (χ2n) is 10.2. The molecule has 1 heterocycles. The normalized spacial score (nSPS) is 47.0. The first kappa shape index (κ1) is 17.1. The summed E-state index contributed by atoms with van der Waals surface area (Å²) in [4.78, 5) is 30.7. The minimum Gasteiger partial charge on any atom is -0.336 e. The number of carbonyl (C=O) groups is 2. The van der Waals surface area contributed by atoms with Gasteiger partial charge in [-0.1, -0.05) is 12.8 Å². The molecule has 4 bridgehead atoms. The quantitative estimate of drug-likeness (QED) is 0.760. The van der Waals surface area contributed by atoms with Gasteiger partial charge in [0.1, 0.15) is 0 Å². The molecule has 144 valence electrons. The van der Waals surface area contributed by atoms with Crippen LogP contribution < -0.4 is 0 Å². The Morgan fingerprint density at radius 1 is 0.654 bits per heavy atom. The SMILES string of the molecule is C[C@@H]1CN(C(=O)[C@@H]2C[C@H]3CC[C@H]2C3)[C@H](C)CN1C(=O)[C@@H]1C[C@H]2CC[C@H]1C2. The molecule has 4 nitrogen and oxygen atoms in total. The van der Waals surface area contributed by atoms with Gasteiger partial charge in [0.05, 0.1) is 0 Å². The minimum atomic E-state index is 0.167. The van der Waals surface area contributed by atoms with Crippen molar-refractivity contribution in [1.29, 1.82) is 0 Å². The molecule has 0 aromatic rings. The zero-order chi connectivity index (χ0) is 18.0. The number of fused-ring (bicyclic) bond motifs is 4. The van der Waals surface area contributed by atoms with Crippen LogP contribution in [0.4, 0.5) is 0 Å². The summed E-state index contributed by atoms with van der Waals surface area (Å²) in [5.74, 6) is 4.23. The van der Waals surface area contributed by atoms with Gasteiger partial charge in [0, 0.05) is 37.0 Å². The Kier molecular flexibility index (Phi) is 4.09. The van der Waals surface area contributed by atoms with E-state index in [9.17, 15) is 9.59 Å². The highest BCUT2D eigenvalue weighted by Gasteiger charge is 2.48. The highest BCUT2D eigenvalue weighted by atomic mass is 16.2. The second kappa shape index (κ2) is 6.24. The van der Waals surface area contributed by atoms with Crippen LogP contribution in [-0.4, -0.2) is 46.8 Å². The number of carbonyl (C=O) groups excluding carboxylic acids is 2. The van der Waals surface area contributed by atoms with Gasteiger partial charge >= 0.3 is 0 Å². The first-order valence-electron chi connectivity index (χ1n) is 11.1. The van der Waals surface area contributed by atoms with Crippen molar-refractivity contribution in [2.45, 2.75) is 77.3 Å². The van der Waals surface area contributed by atoms with Crippen LogP contribution in [0.25, 0.3) is 0 Å². The summed E-state index contributed by atoms with van der Waals surface area (Å²) in [5, 5.41) is 0. The maximum atomic E-state index is 13.2. The highest BCUT2D eigenvalue weighted by molar-refractivity contribution is 5.82. The van der Waals surface area contributed by atoms with Crippen molar-refractivity contribution in [2.75, 3.05) is 13.1 Å². The van der Waals surface area contributed by atoms with Crippen LogP contribution in [-0.2, 0) is 9.59 Å². The average molecular weight is 359 g/mol. The maximum absolute atomic E-state index is 13.2. The van der Waals surface area contributed by atoms with Gasteiger partial charge < -0.3 is 9.80 Å². The molecule has 4 heteroatoms. The molecule has 26 heavy (non-hydrogen) atoms. The van der Waals surface area contributed by atoms with Gasteiger partial charge in [0.15, 0.2) is 0 Å². The first-order chi connectivity index (χ1) is 12.5. The summed E-state index contributed by atoms with van der Waals surface area (Å²) in [5.41, 5.74) is 0. The minimum absolute atomic E-state index is 0.167. The fraction of sp³-hybridized carbons (Fsp3) is 0.909. The van der Waals surface area contributed by atoms with Crippen molar-refractivity contribution < 1.29 is 9.59 Å². The number of rotatable bonds is 2. The van der Waals surface area contributed by atoms with Gasteiger partial charge in [0.25, 0.3) is 0 Å². The first-order valence-corrected chi connectivity index (χ1v) is 11.1. The lowest BCUT2D eigenvalue weighted by Gasteiger charge is -2.46. The molecule has 0 radical (unpaired) electrons. The molecule has 2 amide bonds. The Bertz CT molecular complexity index is 553. The lowest BCUT2D eigenvalue weighted by Crippen LogP contribution is -2.61. The Balaban J connectivity index is 1.25. The molecule has 0 N–H and O–H groups in total. The average Bonchev–Trinajstić information content (AvgIpc) is 3.42. The van der Waals surface area contributed by atoms with Crippen LogP contribution in [0.5, 0.6) is 0 Å². The van der Waals surface area contributed by atoms with Crippen LogP contribution in [0.15, 0.2) is 0 Å². The lowest BCUT2D eigenvalue weighted by molar-refractivity contribution is -0.152. The van der Waals surface area contributed by atoms with E-state index in [-0.39, 0.29) is 23.9 Å². The zero-order valence-corrected chi connectivity index (χ0v) is 16.4. The fourth-order valence-electron chi connectivity index (χ4n) is 7.26. The van der Waals surface area contributed by atoms with Gasteiger partial charge in [-0.05, 0) is 76.0 Å². The van der Waals surface area contributed by atoms with Gasteiger partial charge in [-0.25, -0.2) is 0 Å². The highest BCUT2D eigenvalue weighted by Crippen LogP contribution is 2.50. The van der Waals surface area contributed by atoms with Crippen molar-refractivity contribution in [3.63, 3.8) is 0 Å². The molecule has 1 aliphatic heterocycles. The molecule has 5 fully saturated rings. The third-order valence-corrected chi connectivity index (χ3v) is 8.66. The number of amides is 2. The summed E-state index contributed by atoms with van der Waals surface area (Å²) >= 11 is 0. The summed E-state index contributed by atoms with van der Waals surface area (Å²) in [6, 6.07) is 0.334. The Morgan fingerprint density at radius 3 is 1.38 bits per heavy atom. The van der Waals surface area contributed by atoms with E-state index >= 15 is 0 Å². The van der Waals surface area contributed by atoms with Gasteiger partial charge in [-0.3, -0.25) is 9.59 Å². The molecule has 5 rings (SSSR count). The maximum Gasteiger partial charge on any atom is 0.226 e. The molecule has 0 aromatic heterocycles. The summed E-state index contributed by atoms with van der Waals surface area (Å²) < 4.78 is 0. The van der Waals surface area contributed by atoms with Crippen LogP contribution >= 0.6 is 0 Å². The van der Waals surface area contributed by atoms with E-state index in [1.165, 1.54) is 38.5 Å². The number of hydrogen-bond donors (Lipinski definition) is 0. The largest absolute Gasteiger partial charge is 0.336 e. The molecule has 0 spiro atoms. The van der Waals surface area contributed by atoms with Crippen molar-refractivity contribution in [2.24, 2.45) is 35.5 Å². The molecule has 4 aliphatic carbocycles. The fourth-order valence-corrected chi connectivity index (χ4v) is 7.26. The van der Waals surface area contributed by atoms with Crippen LogP contribution in [0.1, 0.15) is 65.2 Å². The van der Waals surface area contributed by atoms with Crippen LogP contribution in [0.3, 0.4) is 0 Å². The zero-order valence-electron chi connectivity index (χ0n) is 16.4. The van der Waals surface area contributed by atoms with Gasteiger partial charge in [-0.15, -0.1) is 0 Å². The van der Waals surface area contributed by atoms with E-state index in [1.54, 1.807) is 0 Å². The third-order valence-electron chi connectivity index (χ3n) is 8.66. The Morgan fingerprint density at radius 2 is 1.08 bits per heavy atom. The number of nitrogens with zero attached hydrogens (tertiary/aromatic N) is 2. The molecular formula is C22H34N2O2. The number of hydrogen-bond acceptors (Lipinski definition) is 2. The van der Waals surface area contributed by atoms with Crippen molar-refractivity contribution in [3.05, 3.63) is 0 Å². The summed E-state index contributed by atoms with van der Waals surface area (Å²) in [7, 11) is 0. The number of piperazine rings is 1. The molecule has 8 atom stereocenters. The van der Waals surface area contributed by atoms with Gasteiger partial charge in [-0.2, -0.15) is 0 Å². The standard InChI is InChI=1S/C22H34N2O2/c1-13-11-24(22(26)20-10-16-4-6-18(20)8-16)14(2)12-23(13)21(25)19-9-15-3-5-17(19)7-15/h13-20H,3-12H2,1-2H3/t13-,14-,15+,16+,17+,18+,19-,20-/m1/s1. The predicted octanol–water partition coefficient (Wildman–Crippen LogP) is 3.31. The molecule has 0 aromatic carbocycles. The summed E-state index contributed by atoms with van der Waals surface area (Å²) in [6.45, 7) is 5.77. The van der Waals surface area contributed by atoms with E-state index in [0.29, 0.717) is 23.7 Å². The molecule has 5 aliphatic rings. The van der Waals surface area contributed by atoms with E-state index in [1.807, 2.05) is 0 Å². The molecule has 4 saturated carbocycles. The Labute approximate surface area is 157 Å². The van der Waals surface area contributed by atoms with Gasteiger partial charge in [0.2, 0.25) is 11.8 Å². The lowest BCUT2D eigenvalue weighted by atomic mass is 9.86. The van der Waals surface area contributed by atoms with E-state index < -0.39 is 0 Å². The molecule has 0 unspecified atom stereocenters. The second-order valence-corrected chi connectivity index (χ2v) is 10.2. The topological polar surface area (TPSA) is 40.6 Å². The van der Waals surface area contributed by atoms with Crippen molar-refractivity contribution in [3.8, 4) is 0 Å². The van der Waals surface area contributed by atoms with Crippen molar-refractivity contribution >= 4 is 11.8 Å². The van der Waals surface area contributed by atoms with Crippen molar-refractivity contribution in [1.82, 2.24) is 9.80 Å². The molecule has 1 saturated heterocycles. The molecular weight excluding hydrogens is 324 g/mol. The van der Waals surface area contributed by atoms with Crippen LogP contribution in [0, 0.1) is 35.5 Å². The summed E-state index contributed by atoms with van der Waals surface area (Å²) in [6.07, 6.45) is 10.00. The van der Waals surface area contributed by atoms with E-state index in [0.717, 1.165) is 37.8 Å². The smallest absolute Gasteiger partial charge is 0.226 e.